The van der Waals surface area contributed by atoms with Crippen LogP contribution in [0.1, 0.15) is 44.9 Å². The molecule has 2 aromatic rings. The Labute approximate surface area is 116 Å². The summed E-state index contributed by atoms with van der Waals surface area (Å²) in [6.07, 6.45) is 5.84. The van der Waals surface area contributed by atoms with Gasteiger partial charge in [0.15, 0.2) is 0 Å². The number of ketones is 1. The summed E-state index contributed by atoms with van der Waals surface area (Å²) in [6, 6.07) is 7.95. The number of thiophene rings is 1. The van der Waals surface area contributed by atoms with Crippen LogP contribution >= 0.6 is 11.3 Å². The molecule has 0 N–H and O–H groups in total. The molecule has 1 heterocycles. The van der Waals surface area contributed by atoms with Crippen LogP contribution in [0.25, 0.3) is 0 Å². The number of fused-ring (bicyclic) bond motifs is 1. The topological polar surface area (TPSA) is 17.1 Å². The fourth-order valence-corrected chi connectivity index (χ4v) is 3.77. The van der Waals surface area contributed by atoms with Gasteiger partial charge in [-0.25, -0.2) is 4.39 Å². The van der Waals surface area contributed by atoms with Crippen molar-refractivity contribution in [3.8, 4) is 0 Å². The Morgan fingerprint density at radius 1 is 1.11 bits per heavy atom. The minimum atomic E-state index is -0.357. The van der Waals surface area contributed by atoms with Crippen LogP contribution in [-0.2, 0) is 12.8 Å². The standard InChI is InChI=1S/C16H15FOS/c17-13-7-4-6-12(9-13)16(18)15-10-11-5-2-1-3-8-14(11)19-15/h4,6-7,9-10H,1-3,5,8H2. The molecule has 0 amide bonds. The molecular formula is C16H15FOS. The number of halogens is 1. The van der Waals surface area contributed by atoms with E-state index in [1.54, 1.807) is 23.5 Å². The Kier molecular flexibility index (Phi) is 3.47. The summed E-state index contributed by atoms with van der Waals surface area (Å²) in [5.74, 6) is -0.415. The van der Waals surface area contributed by atoms with Gasteiger partial charge >= 0.3 is 0 Å². The zero-order chi connectivity index (χ0) is 13.2. The molecule has 0 saturated heterocycles. The maximum atomic E-state index is 13.2. The third-order valence-electron chi connectivity index (χ3n) is 3.56. The summed E-state index contributed by atoms with van der Waals surface area (Å²) < 4.78 is 13.2. The maximum Gasteiger partial charge on any atom is 0.203 e. The van der Waals surface area contributed by atoms with Gasteiger partial charge in [0.25, 0.3) is 0 Å². The van der Waals surface area contributed by atoms with Gasteiger partial charge < -0.3 is 0 Å². The van der Waals surface area contributed by atoms with Crippen LogP contribution in [0.4, 0.5) is 4.39 Å². The SMILES string of the molecule is O=C(c1cccc(F)c1)c1cc2c(s1)CCCCC2. The van der Waals surface area contributed by atoms with Crippen molar-refractivity contribution >= 4 is 17.1 Å². The van der Waals surface area contributed by atoms with E-state index in [1.807, 2.05) is 6.07 Å². The predicted molar refractivity (Wildman–Crippen MR) is 75.4 cm³/mol. The monoisotopic (exact) mass is 274 g/mol. The first-order valence-corrected chi connectivity index (χ1v) is 7.47. The van der Waals surface area contributed by atoms with Crippen molar-refractivity contribution in [2.75, 3.05) is 0 Å². The van der Waals surface area contributed by atoms with E-state index in [4.69, 9.17) is 0 Å². The third-order valence-corrected chi connectivity index (χ3v) is 4.79. The fraction of sp³-hybridized carbons (Fsp3) is 0.312. The lowest BCUT2D eigenvalue weighted by atomic mass is 10.1. The summed E-state index contributed by atoms with van der Waals surface area (Å²) in [6.45, 7) is 0. The molecule has 19 heavy (non-hydrogen) atoms. The molecule has 0 aliphatic heterocycles. The molecule has 1 aliphatic rings. The molecular weight excluding hydrogens is 259 g/mol. The average Bonchev–Trinajstić information content (AvgIpc) is 2.69. The first-order chi connectivity index (χ1) is 9.24. The maximum absolute atomic E-state index is 13.2. The molecule has 1 aromatic heterocycles. The Balaban J connectivity index is 1.92. The minimum absolute atomic E-state index is 0.0578. The van der Waals surface area contributed by atoms with Crippen LogP contribution in [-0.4, -0.2) is 5.78 Å². The Morgan fingerprint density at radius 2 is 1.95 bits per heavy atom. The zero-order valence-corrected chi connectivity index (χ0v) is 11.4. The Bertz CT molecular complexity index is 591. The predicted octanol–water partition coefficient (Wildman–Crippen LogP) is 4.39. The second kappa shape index (κ2) is 5.25. The molecule has 3 rings (SSSR count). The highest BCUT2D eigenvalue weighted by Crippen LogP contribution is 2.30. The quantitative estimate of drug-likeness (QED) is 0.586. The lowest BCUT2D eigenvalue weighted by Crippen LogP contribution is -1.98. The molecule has 1 nitrogen and oxygen atoms in total. The number of rotatable bonds is 2. The number of hydrogen-bond donors (Lipinski definition) is 0. The molecule has 3 heteroatoms. The highest BCUT2D eigenvalue weighted by molar-refractivity contribution is 7.14. The average molecular weight is 274 g/mol. The van der Waals surface area contributed by atoms with Gasteiger partial charge in [0.2, 0.25) is 5.78 Å². The Morgan fingerprint density at radius 3 is 2.79 bits per heavy atom. The van der Waals surface area contributed by atoms with Crippen LogP contribution in [0.15, 0.2) is 30.3 Å². The minimum Gasteiger partial charge on any atom is -0.288 e. The molecule has 0 saturated carbocycles. The van der Waals surface area contributed by atoms with Gasteiger partial charge in [0.1, 0.15) is 5.82 Å². The summed E-state index contributed by atoms with van der Waals surface area (Å²) in [5, 5.41) is 0. The van der Waals surface area contributed by atoms with Crippen LogP contribution in [0.2, 0.25) is 0 Å². The highest BCUT2D eigenvalue weighted by atomic mass is 32.1. The van der Waals surface area contributed by atoms with E-state index in [9.17, 15) is 9.18 Å². The van der Waals surface area contributed by atoms with Crippen molar-refractivity contribution in [2.45, 2.75) is 32.1 Å². The van der Waals surface area contributed by atoms with Crippen LogP contribution < -0.4 is 0 Å². The normalized spacial score (nSPS) is 14.8. The van der Waals surface area contributed by atoms with Crippen molar-refractivity contribution in [3.05, 3.63) is 57.0 Å². The molecule has 1 aliphatic carbocycles. The van der Waals surface area contributed by atoms with Crippen molar-refractivity contribution in [1.29, 1.82) is 0 Å². The molecule has 98 valence electrons. The number of benzene rings is 1. The van der Waals surface area contributed by atoms with Gasteiger partial charge in [-0.3, -0.25) is 4.79 Å². The first-order valence-electron chi connectivity index (χ1n) is 6.66. The summed E-state index contributed by atoms with van der Waals surface area (Å²) in [7, 11) is 0. The van der Waals surface area contributed by atoms with Crippen molar-refractivity contribution in [1.82, 2.24) is 0 Å². The van der Waals surface area contributed by atoms with Gasteiger partial charge in [-0.1, -0.05) is 18.6 Å². The highest BCUT2D eigenvalue weighted by Gasteiger charge is 2.17. The van der Waals surface area contributed by atoms with E-state index in [-0.39, 0.29) is 11.6 Å². The number of carbonyl (C=O) groups excluding carboxylic acids is 1. The summed E-state index contributed by atoms with van der Waals surface area (Å²) in [4.78, 5) is 14.4. The van der Waals surface area contributed by atoms with Crippen molar-refractivity contribution in [2.24, 2.45) is 0 Å². The van der Waals surface area contributed by atoms with E-state index in [1.165, 1.54) is 41.8 Å². The van der Waals surface area contributed by atoms with Gasteiger partial charge in [-0.2, -0.15) is 0 Å². The summed E-state index contributed by atoms with van der Waals surface area (Å²) in [5.41, 5.74) is 1.76. The van der Waals surface area contributed by atoms with Crippen LogP contribution in [0.5, 0.6) is 0 Å². The smallest absolute Gasteiger partial charge is 0.203 e. The fourth-order valence-electron chi connectivity index (χ4n) is 2.55. The number of carbonyl (C=O) groups is 1. The van der Waals surface area contributed by atoms with Crippen molar-refractivity contribution < 1.29 is 9.18 Å². The molecule has 0 spiro atoms. The van der Waals surface area contributed by atoms with E-state index < -0.39 is 0 Å². The van der Waals surface area contributed by atoms with Crippen molar-refractivity contribution in [3.63, 3.8) is 0 Å². The second-order valence-electron chi connectivity index (χ2n) is 4.96. The molecule has 0 radical (unpaired) electrons. The number of aryl methyl sites for hydroxylation is 2. The Hall–Kier alpha value is -1.48. The molecule has 0 fully saturated rings. The lowest BCUT2D eigenvalue weighted by molar-refractivity contribution is 0.104. The molecule has 1 aromatic carbocycles. The van der Waals surface area contributed by atoms with E-state index in [0.29, 0.717) is 5.56 Å². The van der Waals surface area contributed by atoms with E-state index in [2.05, 4.69) is 0 Å². The largest absolute Gasteiger partial charge is 0.288 e. The second-order valence-corrected chi connectivity index (χ2v) is 6.10. The lowest BCUT2D eigenvalue weighted by Gasteiger charge is -1.98. The van der Waals surface area contributed by atoms with Crippen LogP contribution in [0, 0.1) is 5.82 Å². The van der Waals surface area contributed by atoms with Gasteiger partial charge in [0, 0.05) is 10.4 Å². The molecule has 0 bridgehead atoms. The van der Waals surface area contributed by atoms with E-state index >= 15 is 0 Å². The zero-order valence-electron chi connectivity index (χ0n) is 10.6. The molecule has 0 unspecified atom stereocenters. The molecule has 0 atom stereocenters. The van der Waals surface area contributed by atoms with Crippen LogP contribution in [0.3, 0.4) is 0 Å². The van der Waals surface area contributed by atoms with E-state index in [0.717, 1.165) is 17.7 Å². The van der Waals surface area contributed by atoms with Gasteiger partial charge in [-0.15, -0.1) is 11.3 Å². The summed E-state index contributed by atoms with van der Waals surface area (Å²) >= 11 is 1.59. The first kappa shape index (κ1) is 12.5. The third kappa shape index (κ3) is 2.61. The van der Waals surface area contributed by atoms with Gasteiger partial charge in [-0.05, 0) is 49.4 Å². The number of hydrogen-bond acceptors (Lipinski definition) is 2. The van der Waals surface area contributed by atoms with Gasteiger partial charge in [0.05, 0.1) is 4.88 Å².